The molecule has 5 heteroatoms. The van der Waals surface area contributed by atoms with Gasteiger partial charge in [-0.3, -0.25) is 10.4 Å². The van der Waals surface area contributed by atoms with Crippen molar-refractivity contribution < 1.29 is 0 Å². The Morgan fingerprint density at radius 2 is 2.22 bits per heavy atom. The summed E-state index contributed by atoms with van der Waals surface area (Å²) >= 11 is 0. The minimum absolute atomic E-state index is 0.0824. The average molecular weight is 241 g/mol. The average Bonchev–Trinajstić information content (AvgIpc) is 2.40. The van der Waals surface area contributed by atoms with E-state index >= 15 is 0 Å². The monoisotopic (exact) mass is 241 g/mol. The Morgan fingerprint density at radius 3 is 2.89 bits per heavy atom. The van der Waals surface area contributed by atoms with Crippen LogP contribution in [0.5, 0.6) is 0 Å². The fraction of sp³-hybridized carbons (Fsp3) is 0.154. The van der Waals surface area contributed by atoms with Crippen molar-refractivity contribution in [2.45, 2.75) is 6.54 Å². The van der Waals surface area contributed by atoms with Gasteiger partial charge in [0.25, 0.3) is 0 Å². The Kier molecular flexibility index (Phi) is 3.52. The number of nitrogens with one attached hydrogen (secondary N) is 1. The van der Waals surface area contributed by atoms with Crippen LogP contribution in [0.25, 0.3) is 0 Å². The number of nitrogen functional groups attached to an aromatic ring is 1. The maximum absolute atomic E-state index is 7.42. The molecular weight excluding hydrogens is 226 g/mol. The normalized spacial score (nSPS) is 10.1. The summed E-state index contributed by atoms with van der Waals surface area (Å²) in [5.41, 5.74) is 7.29. The third-order valence-electron chi connectivity index (χ3n) is 2.60. The maximum atomic E-state index is 7.42. The largest absolute Gasteiger partial charge is 0.384 e. The molecule has 5 nitrogen and oxygen atoms in total. The highest BCUT2D eigenvalue weighted by Gasteiger charge is 2.04. The van der Waals surface area contributed by atoms with Crippen LogP contribution in [-0.2, 0) is 6.54 Å². The number of hydrogen-bond acceptors (Lipinski definition) is 4. The van der Waals surface area contributed by atoms with Gasteiger partial charge in [0.15, 0.2) is 0 Å². The molecule has 0 aliphatic heterocycles. The minimum atomic E-state index is 0.0824. The first-order valence-electron chi connectivity index (χ1n) is 5.57. The quantitative estimate of drug-likeness (QED) is 0.626. The molecule has 2 rings (SSSR count). The van der Waals surface area contributed by atoms with Gasteiger partial charge in [0.05, 0.1) is 6.20 Å². The molecule has 0 atom stereocenters. The van der Waals surface area contributed by atoms with Crippen molar-refractivity contribution in [3.63, 3.8) is 0 Å². The Bertz CT molecular complexity index is 538. The molecule has 92 valence electrons. The number of benzene rings is 1. The lowest BCUT2D eigenvalue weighted by Crippen LogP contribution is -2.18. The van der Waals surface area contributed by atoms with E-state index in [1.807, 2.05) is 36.2 Å². The number of amidine groups is 1. The standard InChI is InChI=1S/C13H15N5/c1-18(12-8-16-5-6-17-12)9-10-3-2-4-11(7-10)13(14)15/h2-8H,9H2,1H3,(H3,14,15). The summed E-state index contributed by atoms with van der Waals surface area (Å²) in [6.45, 7) is 0.694. The summed E-state index contributed by atoms with van der Waals surface area (Å²) in [5, 5.41) is 7.42. The second-order valence-electron chi connectivity index (χ2n) is 4.03. The Labute approximate surface area is 106 Å². The van der Waals surface area contributed by atoms with Crippen LogP contribution in [0.15, 0.2) is 42.9 Å². The number of nitrogens with two attached hydrogens (primary N) is 1. The van der Waals surface area contributed by atoms with E-state index in [9.17, 15) is 0 Å². The van der Waals surface area contributed by atoms with Crippen LogP contribution in [0.3, 0.4) is 0 Å². The first kappa shape index (κ1) is 12.0. The zero-order valence-corrected chi connectivity index (χ0v) is 10.2. The van der Waals surface area contributed by atoms with E-state index in [-0.39, 0.29) is 5.84 Å². The summed E-state index contributed by atoms with van der Waals surface area (Å²) in [6, 6.07) is 7.64. The van der Waals surface area contributed by atoms with Crippen molar-refractivity contribution in [1.29, 1.82) is 5.41 Å². The lowest BCUT2D eigenvalue weighted by Gasteiger charge is -2.17. The van der Waals surface area contributed by atoms with Crippen LogP contribution in [0.4, 0.5) is 5.82 Å². The lowest BCUT2D eigenvalue weighted by atomic mass is 10.1. The summed E-state index contributed by atoms with van der Waals surface area (Å²) in [6.07, 6.45) is 5.03. The zero-order chi connectivity index (χ0) is 13.0. The predicted octanol–water partition coefficient (Wildman–Crippen LogP) is 1.40. The minimum Gasteiger partial charge on any atom is -0.384 e. The molecule has 0 radical (unpaired) electrons. The number of rotatable bonds is 4. The highest BCUT2D eigenvalue weighted by Crippen LogP contribution is 2.12. The predicted molar refractivity (Wildman–Crippen MR) is 71.6 cm³/mol. The van der Waals surface area contributed by atoms with Crippen molar-refractivity contribution >= 4 is 11.7 Å². The van der Waals surface area contributed by atoms with E-state index in [0.717, 1.165) is 16.9 Å². The molecule has 0 spiro atoms. The van der Waals surface area contributed by atoms with Gasteiger partial charge in [-0.25, -0.2) is 4.98 Å². The van der Waals surface area contributed by atoms with Crippen LogP contribution in [0.2, 0.25) is 0 Å². The molecule has 3 N–H and O–H groups in total. The molecule has 0 fully saturated rings. The summed E-state index contributed by atoms with van der Waals surface area (Å²) < 4.78 is 0. The molecular formula is C13H15N5. The molecule has 1 aromatic heterocycles. The van der Waals surface area contributed by atoms with Gasteiger partial charge in [-0.1, -0.05) is 18.2 Å². The van der Waals surface area contributed by atoms with Crippen molar-refractivity contribution in [1.82, 2.24) is 9.97 Å². The third-order valence-corrected chi connectivity index (χ3v) is 2.60. The Morgan fingerprint density at radius 1 is 1.39 bits per heavy atom. The van der Waals surface area contributed by atoms with Gasteiger partial charge in [-0.05, 0) is 11.6 Å². The van der Waals surface area contributed by atoms with E-state index in [1.54, 1.807) is 18.6 Å². The molecule has 0 unspecified atom stereocenters. The molecule has 0 saturated carbocycles. The SMILES string of the molecule is CN(Cc1cccc(C(=N)N)c1)c1cnccn1. The van der Waals surface area contributed by atoms with Gasteiger partial charge in [0.1, 0.15) is 11.7 Å². The van der Waals surface area contributed by atoms with Crippen molar-refractivity contribution in [2.24, 2.45) is 5.73 Å². The van der Waals surface area contributed by atoms with E-state index < -0.39 is 0 Å². The van der Waals surface area contributed by atoms with Crippen LogP contribution in [0, 0.1) is 5.41 Å². The summed E-state index contributed by atoms with van der Waals surface area (Å²) in [7, 11) is 1.95. The van der Waals surface area contributed by atoms with Crippen LogP contribution < -0.4 is 10.6 Å². The number of aromatic nitrogens is 2. The first-order chi connectivity index (χ1) is 8.66. The van der Waals surface area contributed by atoms with Crippen LogP contribution in [0.1, 0.15) is 11.1 Å². The van der Waals surface area contributed by atoms with Crippen molar-refractivity contribution in [3.8, 4) is 0 Å². The molecule has 0 bridgehead atoms. The van der Waals surface area contributed by atoms with Gasteiger partial charge in [0, 0.05) is 31.5 Å². The highest BCUT2D eigenvalue weighted by atomic mass is 15.2. The third kappa shape index (κ3) is 2.82. The zero-order valence-electron chi connectivity index (χ0n) is 10.2. The Hall–Kier alpha value is -2.43. The molecule has 0 aliphatic carbocycles. The first-order valence-corrected chi connectivity index (χ1v) is 5.57. The van der Waals surface area contributed by atoms with E-state index in [0.29, 0.717) is 6.54 Å². The molecule has 1 heterocycles. The lowest BCUT2D eigenvalue weighted by molar-refractivity contribution is 0.889. The molecule has 1 aromatic carbocycles. The molecule has 0 aliphatic rings. The molecule has 2 aromatic rings. The number of anilines is 1. The van der Waals surface area contributed by atoms with Gasteiger partial charge in [-0.2, -0.15) is 0 Å². The number of nitrogens with zero attached hydrogens (tertiary/aromatic N) is 3. The van der Waals surface area contributed by atoms with Crippen LogP contribution in [-0.4, -0.2) is 22.9 Å². The van der Waals surface area contributed by atoms with Gasteiger partial charge >= 0.3 is 0 Å². The maximum Gasteiger partial charge on any atom is 0.147 e. The summed E-state index contributed by atoms with van der Waals surface area (Å²) in [4.78, 5) is 10.3. The highest BCUT2D eigenvalue weighted by molar-refractivity contribution is 5.95. The van der Waals surface area contributed by atoms with Crippen molar-refractivity contribution in [3.05, 3.63) is 54.0 Å². The van der Waals surface area contributed by atoms with Gasteiger partial charge < -0.3 is 10.6 Å². The van der Waals surface area contributed by atoms with Crippen LogP contribution >= 0.6 is 0 Å². The van der Waals surface area contributed by atoms with Crippen molar-refractivity contribution in [2.75, 3.05) is 11.9 Å². The van der Waals surface area contributed by atoms with E-state index in [2.05, 4.69) is 9.97 Å². The van der Waals surface area contributed by atoms with Gasteiger partial charge in [0.2, 0.25) is 0 Å². The summed E-state index contributed by atoms with van der Waals surface area (Å²) in [5.74, 6) is 0.893. The van der Waals surface area contributed by atoms with Gasteiger partial charge in [-0.15, -0.1) is 0 Å². The molecule has 18 heavy (non-hydrogen) atoms. The number of hydrogen-bond donors (Lipinski definition) is 2. The molecule has 0 amide bonds. The Balaban J connectivity index is 2.14. The fourth-order valence-electron chi connectivity index (χ4n) is 1.68. The van der Waals surface area contributed by atoms with E-state index in [1.165, 1.54) is 0 Å². The second kappa shape index (κ2) is 5.27. The topological polar surface area (TPSA) is 78.9 Å². The molecule has 0 saturated heterocycles. The van der Waals surface area contributed by atoms with E-state index in [4.69, 9.17) is 11.1 Å². The second-order valence-corrected chi connectivity index (χ2v) is 4.03. The fourth-order valence-corrected chi connectivity index (χ4v) is 1.68. The smallest absolute Gasteiger partial charge is 0.147 e.